The van der Waals surface area contributed by atoms with Crippen LogP contribution >= 0.6 is 0 Å². The average molecular weight is 371 g/mol. The highest BCUT2D eigenvalue weighted by Crippen LogP contribution is 2.48. The lowest BCUT2D eigenvalue weighted by Crippen LogP contribution is -1.98. The number of fused-ring (bicyclic) bond motifs is 5. The molecule has 5 rings (SSSR count). The molecule has 0 fully saturated rings. The van der Waals surface area contributed by atoms with Crippen molar-refractivity contribution < 1.29 is 19.4 Å². The molecule has 3 aromatic carbocycles. The second-order valence-corrected chi connectivity index (χ2v) is 6.72. The number of benzene rings is 3. The Bertz CT molecular complexity index is 1220. The maximum Gasteiger partial charge on any atom is 0.200 e. The van der Waals surface area contributed by atoms with Crippen LogP contribution in [-0.2, 0) is 6.61 Å². The molecule has 1 aromatic heterocycles. The molecule has 4 aromatic rings. The molecule has 0 aliphatic heterocycles. The first-order chi connectivity index (χ1) is 13.7. The van der Waals surface area contributed by atoms with E-state index in [2.05, 4.69) is 4.98 Å². The van der Waals surface area contributed by atoms with Gasteiger partial charge >= 0.3 is 0 Å². The summed E-state index contributed by atoms with van der Waals surface area (Å²) in [7, 11) is 1.55. The molecule has 138 valence electrons. The number of aromatic nitrogens is 1. The van der Waals surface area contributed by atoms with Gasteiger partial charge in [-0.15, -0.1) is 0 Å². The van der Waals surface area contributed by atoms with Crippen molar-refractivity contribution in [2.45, 2.75) is 6.61 Å². The zero-order valence-corrected chi connectivity index (χ0v) is 15.2. The first-order valence-electron chi connectivity index (χ1n) is 8.95. The molecule has 5 heteroatoms. The Morgan fingerprint density at radius 2 is 1.79 bits per heavy atom. The van der Waals surface area contributed by atoms with E-state index < -0.39 is 0 Å². The van der Waals surface area contributed by atoms with E-state index >= 15 is 0 Å². The van der Waals surface area contributed by atoms with Crippen molar-refractivity contribution in [3.8, 4) is 28.5 Å². The molecular weight excluding hydrogens is 354 g/mol. The van der Waals surface area contributed by atoms with E-state index in [1.807, 2.05) is 48.5 Å². The Morgan fingerprint density at radius 3 is 2.57 bits per heavy atom. The molecule has 1 aliphatic rings. The van der Waals surface area contributed by atoms with Gasteiger partial charge in [-0.3, -0.25) is 4.79 Å². The van der Waals surface area contributed by atoms with Crippen LogP contribution in [0.1, 0.15) is 21.5 Å². The minimum absolute atomic E-state index is 0.0463. The van der Waals surface area contributed by atoms with E-state index in [9.17, 15) is 9.90 Å². The number of phenolic OH excluding ortho intramolecular Hbond substituents is 1. The number of ether oxygens (including phenoxy) is 2. The van der Waals surface area contributed by atoms with Crippen LogP contribution < -0.4 is 9.47 Å². The van der Waals surface area contributed by atoms with Gasteiger partial charge < -0.3 is 19.6 Å². The molecule has 0 spiro atoms. The summed E-state index contributed by atoms with van der Waals surface area (Å²) >= 11 is 0. The standard InChI is InChI=1S/C23H17NO4/c1-27-18-10-9-17(25)20-21(18)22-19(23(20)26)15-11-14(7-8-16(15)24-22)28-12-13-5-3-2-4-6-13/h2-11,24-25H,12H2,1H3. The van der Waals surface area contributed by atoms with E-state index in [-0.39, 0.29) is 17.1 Å². The van der Waals surface area contributed by atoms with Gasteiger partial charge in [-0.2, -0.15) is 0 Å². The van der Waals surface area contributed by atoms with E-state index in [0.717, 1.165) is 16.5 Å². The van der Waals surface area contributed by atoms with Gasteiger partial charge in [0.2, 0.25) is 0 Å². The summed E-state index contributed by atoms with van der Waals surface area (Å²) in [4.78, 5) is 16.4. The van der Waals surface area contributed by atoms with E-state index in [1.165, 1.54) is 6.07 Å². The highest BCUT2D eigenvalue weighted by atomic mass is 16.5. The topological polar surface area (TPSA) is 71.6 Å². The fraction of sp³-hybridized carbons (Fsp3) is 0.0870. The quantitative estimate of drug-likeness (QED) is 0.481. The SMILES string of the molecule is COc1ccc(O)c2c1-c1[nH]c3ccc(OCc4ccccc4)cc3c1C2=O. The summed E-state index contributed by atoms with van der Waals surface area (Å²) in [5.41, 5.74) is 3.99. The van der Waals surface area contributed by atoms with Crippen molar-refractivity contribution in [1.29, 1.82) is 0 Å². The minimum Gasteiger partial charge on any atom is -0.507 e. The zero-order valence-electron chi connectivity index (χ0n) is 15.2. The van der Waals surface area contributed by atoms with Gasteiger partial charge in [0.25, 0.3) is 0 Å². The van der Waals surface area contributed by atoms with Crippen molar-refractivity contribution in [2.75, 3.05) is 7.11 Å². The fourth-order valence-corrected chi connectivity index (χ4v) is 3.77. The monoisotopic (exact) mass is 371 g/mol. The molecule has 2 N–H and O–H groups in total. The number of hydrogen-bond donors (Lipinski definition) is 2. The first kappa shape index (κ1) is 16.4. The number of carbonyl (C=O) groups is 1. The Morgan fingerprint density at radius 1 is 0.964 bits per heavy atom. The molecule has 0 amide bonds. The lowest BCUT2D eigenvalue weighted by atomic mass is 10.1. The Kier molecular flexibility index (Phi) is 3.62. The third kappa shape index (κ3) is 2.36. The largest absolute Gasteiger partial charge is 0.507 e. The molecule has 0 saturated carbocycles. The maximum absolute atomic E-state index is 13.1. The van der Waals surface area contributed by atoms with Gasteiger partial charge in [-0.05, 0) is 35.9 Å². The van der Waals surface area contributed by atoms with Crippen molar-refractivity contribution in [1.82, 2.24) is 4.98 Å². The Labute approximate surface area is 161 Å². The molecule has 28 heavy (non-hydrogen) atoms. The number of methoxy groups -OCH3 is 1. The molecule has 1 heterocycles. The number of ketones is 1. The molecule has 0 bridgehead atoms. The lowest BCUT2D eigenvalue weighted by molar-refractivity contribution is 0.104. The predicted octanol–water partition coefficient (Wildman–Crippen LogP) is 4.67. The van der Waals surface area contributed by atoms with Crippen LogP contribution in [0.5, 0.6) is 17.2 Å². The van der Waals surface area contributed by atoms with Gasteiger partial charge in [-0.1, -0.05) is 30.3 Å². The van der Waals surface area contributed by atoms with Crippen molar-refractivity contribution in [2.24, 2.45) is 0 Å². The number of aromatic hydroxyl groups is 1. The summed E-state index contributed by atoms with van der Waals surface area (Å²) in [6.45, 7) is 0.446. The number of carbonyl (C=O) groups excluding carboxylic acids is 1. The number of hydrogen-bond acceptors (Lipinski definition) is 4. The molecule has 5 nitrogen and oxygen atoms in total. The van der Waals surface area contributed by atoms with Crippen LogP contribution in [-0.4, -0.2) is 23.0 Å². The molecule has 0 radical (unpaired) electrons. The maximum atomic E-state index is 13.1. The number of aromatic amines is 1. The molecule has 1 aliphatic carbocycles. The van der Waals surface area contributed by atoms with Crippen molar-refractivity contribution in [3.05, 3.63) is 77.4 Å². The lowest BCUT2D eigenvalue weighted by Gasteiger charge is -2.08. The van der Waals surface area contributed by atoms with Crippen LogP contribution in [0.15, 0.2) is 60.7 Å². The van der Waals surface area contributed by atoms with Crippen LogP contribution in [0, 0.1) is 0 Å². The van der Waals surface area contributed by atoms with Gasteiger partial charge in [0.05, 0.1) is 29.5 Å². The van der Waals surface area contributed by atoms with Gasteiger partial charge in [0.1, 0.15) is 23.9 Å². The summed E-state index contributed by atoms with van der Waals surface area (Å²) < 4.78 is 11.3. The van der Waals surface area contributed by atoms with Gasteiger partial charge in [-0.25, -0.2) is 0 Å². The molecule has 0 saturated heterocycles. The van der Waals surface area contributed by atoms with Crippen molar-refractivity contribution in [3.63, 3.8) is 0 Å². The highest BCUT2D eigenvalue weighted by Gasteiger charge is 2.35. The second-order valence-electron chi connectivity index (χ2n) is 6.72. The smallest absolute Gasteiger partial charge is 0.200 e. The number of H-pyrrole nitrogens is 1. The Balaban J connectivity index is 1.59. The number of nitrogens with one attached hydrogen (secondary N) is 1. The average Bonchev–Trinajstić information content (AvgIpc) is 3.23. The van der Waals surface area contributed by atoms with Crippen LogP contribution in [0.4, 0.5) is 0 Å². The van der Waals surface area contributed by atoms with Crippen LogP contribution in [0.3, 0.4) is 0 Å². The molecule has 0 atom stereocenters. The minimum atomic E-state index is -0.215. The second kappa shape index (κ2) is 6.16. The third-order valence-electron chi connectivity index (χ3n) is 5.09. The zero-order chi connectivity index (χ0) is 19.3. The molecular formula is C23H17NO4. The van der Waals surface area contributed by atoms with Crippen LogP contribution in [0.25, 0.3) is 22.2 Å². The van der Waals surface area contributed by atoms with Gasteiger partial charge in [0, 0.05) is 10.9 Å². The molecule has 0 unspecified atom stereocenters. The Hall–Kier alpha value is -3.73. The normalized spacial score (nSPS) is 12.1. The summed E-state index contributed by atoms with van der Waals surface area (Å²) in [5, 5.41) is 11.0. The number of rotatable bonds is 4. The highest BCUT2D eigenvalue weighted by molar-refractivity contribution is 6.29. The fourth-order valence-electron chi connectivity index (χ4n) is 3.77. The van der Waals surface area contributed by atoms with E-state index in [0.29, 0.717) is 34.9 Å². The first-order valence-corrected chi connectivity index (χ1v) is 8.95. The van der Waals surface area contributed by atoms with E-state index in [4.69, 9.17) is 9.47 Å². The van der Waals surface area contributed by atoms with Crippen molar-refractivity contribution >= 4 is 16.7 Å². The predicted molar refractivity (Wildman–Crippen MR) is 106 cm³/mol. The number of phenols is 1. The summed E-state index contributed by atoms with van der Waals surface area (Å²) in [6, 6.07) is 18.7. The third-order valence-corrected chi connectivity index (χ3v) is 5.09. The summed E-state index contributed by atoms with van der Waals surface area (Å²) in [6.07, 6.45) is 0. The summed E-state index contributed by atoms with van der Waals surface area (Å²) in [5.74, 6) is 0.966. The van der Waals surface area contributed by atoms with Gasteiger partial charge in [0.15, 0.2) is 5.78 Å². The van der Waals surface area contributed by atoms with E-state index in [1.54, 1.807) is 13.2 Å². The van der Waals surface area contributed by atoms with Crippen LogP contribution in [0.2, 0.25) is 0 Å².